The Morgan fingerprint density at radius 1 is 0.914 bits per heavy atom. The number of nitrogens with one attached hydrogen (secondary N) is 1. The molecule has 1 aliphatic heterocycles. The van der Waals surface area contributed by atoms with Gasteiger partial charge in [-0.05, 0) is 48.1 Å². The molecule has 1 aliphatic carbocycles. The third-order valence-corrected chi connectivity index (χ3v) is 6.99. The van der Waals surface area contributed by atoms with Crippen LogP contribution >= 0.6 is 11.6 Å². The maximum Gasteiger partial charge on any atom is 0.337 e. The number of hydrogen-bond acceptors (Lipinski definition) is 4. The predicted octanol–water partition coefficient (Wildman–Crippen LogP) is 6.45. The largest absolute Gasteiger partial charge is 0.457 e. The topological polar surface area (TPSA) is 55.4 Å². The first-order valence-electron chi connectivity index (χ1n) is 11.8. The Bertz CT molecular complexity index is 1310. The van der Waals surface area contributed by atoms with Gasteiger partial charge in [-0.25, -0.2) is 4.79 Å². The van der Waals surface area contributed by atoms with Gasteiger partial charge in [0.25, 0.3) is 0 Å². The standard InChI is InChI=1S/C30H26ClNO3/c1-19-27(30(34)35-18-20-8-4-2-5-9-20)28(22-10-6-3-7-11-22)29-25(32-19)16-23(17-26(29)33)21-12-14-24(31)15-13-21/h2-15,23,28,32H,16-18H2,1H3/t23-,28+/m0/s1. The zero-order valence-corrected chi connectivity index (χ0v) is 20.2. The predicted molar refractivity (Wildman–Crippen MR) is 137 cm³/mol. The number of rotatable bonds is 5. The molecule has 0 unspecified atom stereocenters. The van der Waals surface area contributed by atoms with Crippen molar-refractivity contribution >= 4 is 23.4 Å². The molecular weight excluding hydrogens is 458 g/mol. The Morgan fingerprint density at radius 3 is 2.26 bits per heavy atom. The van der Waals surface area contributed by atoms with E-state index >= 15 is 0 Å². The monoisotopic (exact) mass is 483 g/mol. The van der Waals surface area contributed by atoms with E-state index in [1.807, 2.05) is 91.9 Å². The molecule has 0 saturated heterocycles. The maximum atomic E-state index is 13.6. The highest BCUT2D eigenvalue weighted by molar-refractivity contribution is 6.30. The van der Waals surface area contributed by atoms with Crippen molar-refractivity contribution in [1.82, 2.24) is 5.32 Å². The van der Waals surface area contributed by atoms with Gasteiger partial charge < -0.3 is 10.1 Å². The first-order chi connectivity index (χ1) is 17.0. The Balaban J connectivity index is 1.49. The van der Waals surface area contributed by atoms with E-state index in [9.17, 15) is 9.59 Å². The van der Waals surface area contributed by atoms with E-state index in [1.165, 1.54) is 0 Å². The van der Waals surface area contributed by atoms with Crippen molar-refractivity contribution in [2.45, 2.75) is 38.2 Å². The second-order valence-electron chi connectivity index (χ2n) is 9.04. The molecule has 176 valence electrons. The highest BCUT2D eigenvalue weighted by Crippen LogP contribution is 2.45. The minimum atomic E-state index is -0.464. The Kier molecular flexibility index (Phi) is 6.56. The van der Waals surface area contributed by atoms with E-state index in [0.29, 0.717) is 29.0 Å². The maximum absolute atomic E-state index is 13.6. The van der Waals surface area contributed by atoms with Crippen LogP contribution in [0.3, 0.4) is 0 Å². The fraction of sp³-hybridized carbons (Fsp3) is 0.200. The van der Waals surface area contributed by atoms with E-state index in [4.69, 9.17) is 16.3 Å². The van der Waals surface area contributed by atoms with E-state index in [-0.39, 0.29) is 18.3 Å². The summed E-state index contributed by atoms with van der Waals surface area (Å²) < 4.78 is 5.72. The number of ketones is 1. The minimum Gasteiger partial charge on any atom is -0.457 e. The van der Waals surface area contributed by atoms with Crippen molar-refractivity contribution in [1.29, 1.82) is 0 Å². The third kappa shape index (κ3) is 4.80. The number of hydrogen-bond donors (Lipinski definition) is 1. The summed E-state index contributed by atoms with van der Waals surface area (Å²) in [6, 6.07) is 27.0. The van der Waals surface area contributed by atoms with Crippen LogP contribution in [0.4, 0.5) is 0 Å². The summed E-state index contributed by atoms with van der Waals surface area (Å²) in [7, 11) is 0. The van der Waals surface area contributed by atoms with Crippen LogP contribution in [0.2, 0.25) is 5.02 Å². The van der Waals surface area contributed by atoms with Crippen molar-refractivity contribution in [3.8, 4) is 0 Å². The molecule has 0 bridgehead atoms. The summed E-state index contributed by atoms with van der Waals surface area (Å²) >= 11 is 6.07. The second-order valence-corrected chi connectivity index (χ2v) is 9.48. The lowest BCUT2D eigenvalue weighted by Gasteiger charge is -2.36. The fourth-order valence-corrected chi connectivity index (χ4v) is 5.19. The number of Topliss-reactive ketones (excluding diaryl/α,β-unsaturated/α-hetero) is 1. The molecule has 0 saturated carbocycles. The summed E-state index contributed by atoms with van der Waals surface area (Å²) in [5.74, 6) is -0.767. The first-order valence-corrected chi connectivity index (χ1v) is 12.1. The third-order valence-electron chi connectivity index (χ3n) is 6.73. The summed E-state index contributed by atoms with van der Waals surface area (Å²) in [5.41, 5.74) is 5.67. The number of ether oxygens (including phenoxy) is 1. The second kappa shape index (κ2) is 9.93. The summed E-state index contributed by atoms with van der Waals surface area (Å²) in [5, 5.41) is 4.07. The quantitative estimate of drug-likeness (QED) is 0.424. The molecule has 1 heterocycles. The Labute approximate surface area is 210 Å². The van der Waals surface area contributed by atoms with Crippen molar-refractivity contribution in [2.24, 2.45) is 0 Å². The number of allylic oxidation sites excluding steroid dienone is 3. The zero-order chi connectivity index (χ0) is 24.4. The normalized spacial score (nSPS) is 19.8. The Hall–Kier alpha value is -3.63. The molecule has 0 radical (unpaired) electrons. The molecule has 0 spiro atoms. The van der Waals surface area contributed by atoms with Crippen LogP contribution in [0.5, 0.6) is 0 Å². The van der Waals surface area contributed by atoms with Crippen molar-refractivity contribution in [2.75, 3.05) is 0 Å². The molecule has 0 fully saturated rings. The van der Waals surface area contributed by atoms with Gasteiger partial charge in [-0.2, -0.15) is 0 Å². The Morgan fingerprint density at radius 2 is 1.57 bits per heavy atom. The molecule has 0 aromatic heterocycles. The number of benzene rings is 3. The van der Waals surface area contributed by atoms with E-state index < -0.39 is 11.9 Å². The molecular formula is C30H26ClNO3. The first kappa shape index (κ1) is 23.1. The molecule has 4 nitrogen and oxygen atoms in total. The van der Waals surface area contributed by atoms with E-state index in [0.717, 1.165) is 28.1 Å². The molecule has 5 rings (SSSR count). The van der Waals surface area contributed by atoms with Crippen LogP contribution in [0, 0.1) is 0 Å². The average Bonchev–Trinajstić information content (AvgIpc) is 2.88. The van der Waals surface area contributed by atoms with Gasteiger partial charge >= 0.3 is 5.97 Å². The highest BCUT2D eigenvalue weighted by atomic mass is 35.5. The van der Waals surface area contributed by atoms with Gasteiger partial charge in [0.05, 0.1) is 5.57 Å². The molecule has 2 aliphatic rings. The van der Waals surface area contributed by atoms with Gasteiger partial charge in [0.2, 0.25) is 0 Å². The highest BCUT2D eigenvalue weighted by Gasteiger charge is 2.41. The van der Waals surface area contributed by atoms with Gasteiger partial charge in [0, 0.05) is 34.3 Å². The molecule has 2 atom stereocenters. The van der Waals surface area contributed by atoms with Crippen molar-refractivity contribution in [3.05, 3.63) is 129 Å². The van der Waals surface area contributed by atoms with Crippen molar-refractivity contribution < 1.29 is 14.3 Å². The van der Waals surface area contributed by atoms with Crippen LogP contribution < -0.4 is 5.32 Å². The van der Waals surface area contributed by atoms with Crippen LogP contribution in [0.1, 0.15) is 48.3 Å². The smallest absolute Gasteiger partial charge is 0.337 e. The number of dihydropyridines is 1. The van der Waals surface area contributed by atoms with Gasteiger partial charge in [0.1, 0.15) is 6.61 Å². The molecule has 5 heteroatoms. The van der Waals surface area contributed by atoms with Gasteiger partial charge in [0.15, 0.2) is 5.78 Å². The van der Waals surface area contributed by atoms with Gasteiger partial charge in [-0.15, -0.1) is 0 Å². The molecule has 3 aromatic rings. The molecule has 1 N–H and O–H groups in total. The van der Waals surface area contributed by atoms with Gasteiger partial charge in [-0.3, -0.25) is 4.79 Å². The lowest BCUT2D eigenvalue weighted by molar-refractivity contribution is -0.140. The zero-order valence-electron chi connectivity index (χ0n) is 19.5. The van der Waals surface area contributed by atoms with Crippen molar-refractivity contribution in [3.63, 3.8) is 0 Å². The lowest BCUT2D eigenvalue weighted by Crippen LogP contribution is -2.36. The minimum absolute atomic E-state index is 0.0495. The number of esters is 1. The lowest BCUT2D eigenvalue weighted by atomic mass is 9.72. The van der Waals surface area contributed by atoms with Crippen LogP contribution in [0.15, 0.2) is 107 Å². The van der Waals surface area contributed by atoms with E-state index in [1.54, 1.807) is 0 Å². The average molecular weight is 484 g/mol. The molecule has 35 heavy (non-hydrogen) atoms. The summed E-state index contributed by atoms with van der Waals surface area (Å²) in [6.07, 6.45) is 1.08. The number of carbonyl (C=O) groups excluding carboxylic acids is 2. The summed E-state index contributed by atoms with van der Waals surface area (Å²) in [4.78, 5) is 27.0. The summed E-state index contributed by atoms with van der Waals surface area (Å²) in [6.45, 7) is 2.06. The number of halogens is 1. The van der Waals surface area contributed by atoms with Gasteiger partial charge in [-0.1, -0.05) is 84.4 Å². The number of carbonyl (C=O) groups is 2. The molecule has 3 aromatic carbocycles. The van der Waals surface area contributed by atoms with Crippen LogP contribution in [0.25, 0.3) is 0 Å². The van der Waals surface area contributed by atoms with Crippen LogP contribution in [-0.4, -0.2) is 11.8 Å². The fourth-order valence-electron chi connectivity index (χ4n) is 5.06. The van der Waals surface area contributed by atoms with E-state index in [2.05, 4.69) is 5.32 Å². The molecule has 0 amide bonds. The SMILES string of the molecule is CC1=C(C(=O)OCc2ccccc2)[C@@H](c2ccccc2)C2=C(C[C@H](c3ccc(Cl)cc3)CC2=O)N1. The van der Waals surface area contributed by atoms with Crippen LogP contribution in [-0.2, 0) is 20.9 Å².